The fraction of sp³-hybridized carbons (Fsp3) is 0. The quantitative estimate of drug-likeness (QED) is 0.207. The number of carbonyl (C=O) groups is 2. The first-order valence-electron chi connectivity index (χ1n) is 10.5. The zero-order valence-electron chi connectivity index (χ0n) is 18.5. The van der Waals surface area contributed by atoms with Gasteiger partial charge in [0.1, 0.15) is 11.6 Å². The highest BCUT2D eigenvalue weighted by Gasteiger charge is 2.17. The number of halogens is 1. The van der Waals surface area contributed by atoms with Crippen molar-refractivity contribution in [3.8, 4) is 16.9 Å². The summed E-state index contributed by atoms with van der Waals surface area (Å²) in [5.41, 5.74) is 2.11. The van der Waals surface area contributed by atoms with E-state index in [0.717, 1.165) is 35.4 Å². The summed E-state index contributed by atoms with van der Waals surface area (Å²) in [5, 5.41) is 21.7. The molecular formula is C26H19FN2O6S. The Bertz CT molecular complexity index is 1540. The van der Waals surface area contributed by atoms with Crippen LogP contribution in [0.5, 0.6) is 5.75 Å². The summed E-state index contributed by atoms with van der Waals surface area (Å²) in [6, 6.07) is 21.0. The second-order valence-electron chi connectivity index (χ2n) is 7.71. The van der Waals surface area contributed by atoms with Crippen molar-refractivity contribution >= 4 is 33.3 Å². The van der Waals surface area contributed by atoms with Crippen LogP contribution in [0, 0.1) is 5.82 Å². The van der Waals surface area contributed by atoms with Crippen LogP contribution in [-0.4, -0.2) is 30.5 Å². The van der Waals surface area contributed by atoms with Crippen molar-refractivity contribution in [1.82, 2.24) is 0 Å². The van der Waals surface area contributed by atoms with Gasteiger partial charge >= 0.3 is 5.97 Å². The molecule has 0 heterocycles. The van der Waals surface area contributed by atoms with Gasteiger partial charge in [-0.2, -0.15) is 0 Å². The maximum Gasteiger partial charge on any atom is 0.335 e. The fourth-order valence-electron chi connectivity index (χ4n) is 3.34. The van der Waals surface area contributed by atoms with Gasteiger partial charge in [0.15, 0.2) is 0 Å². The fourth-order valence-corrected chi connectivity index (χ4v) is 4.40. The summed E-state index contributed by atoms with van der Waals surface area (Å²) in [5.74, 6) is -2.45. The number of carbonyl (C=O) groups excluding carboxylic acids is 1. The van der Waals surface area contributed by atoms with Crippen molar-refractivity contribution in [2.45, 2.75) is 4.90 Å². The lowest BCUT2D eigenvalue weighted by molar-refractivity contribution is 0.0696. The van der Waals surface area contributed by atoms with E-state index < -0.39 is 27.7 Å². The SMILES string of the molecule is O=C(O)c1ccc(-c2ccc(C(=O)Nc3ccc(O)c(NS(=O)(=O)c4ccc(F)cc4)c3)cc2)cc1. The van der Waals surface area contributed by atoms with Crippen molar-refractivity contribution < 1.29 is 32.6 Å². The predicted octanol–water partition coefficient (Wildman–Crippen LogP) is 4.95. The Labute approximate surface area is 205 Å². The van der Waals surface area contributed by atoms with Gasteiger partial charge in [0.2, 0.25) is 0 Å². The lowest BCUT2D eigenvalue weighted by atomic mass is 10.0. The van der Waals surface area contributed by atoms with Crippen LogP contribution in [0.25, 0.3) is 11.1 Å². The topological polar surface area (TPSA) is 133 Å². The highest BCUT2D eigenvalue weighted by atomic mass is 32.2. The summed E-state index contributed by atoms with van der Waals surface area (Å²) in [6.07, 6.45) is 0. The first-order chi connectivity index (χ1) is 17.1. The molecule has 0 bridgehead atoms. The number of phenols is 1. The van der Waals surface area contributed by atoms with Gasteiger partial charge in [-0.1, -0.05) is 24.3 Å². The maximum atomic E-state index is 13.1. The Hall–Kier alpha value is -4.70. The first kappa shape index (κ1) is 24.4. The van der Waals surface area contributed by atoms with Crippen molar-refractivity contribution in [1.29, 1.82) is 0 Å². The molecule has 0 aromatic heterocycles. The third-order valence-electron chi connectivity index (χ3n) is 5.23. The van der Waals surface area contributed by atoms with Gasteiger partial charge < -0.3 is 15.5 Å². The van der Waals surface area contributed by atoms with Gasteiger partial charge in [-0.15, -0.1) is 0 Å². The largest absolute Gasteiger partial charge is 0.506 e. The molecular weight excluding hydrogens is 487 g/mol. The zero-order valence-corrected chi connectivity index (χ0v) is 19.3. The minimum Gasteiger partial charge on any atom is -0.506 e. The van der Waals surface area contributed by atoms with Crippen molar-refractivity contribution in [2.75, 3.05) is 10.0 Å². The highest BCUT2D eigenvalue weighted by Crippen LogP contribution is 2.29. The Balaban J connectivity index is 1.48. The molecule has 4 aromatic carbocycles. The standard InChI is InChI=1S/C26H19FN2O6S/c27-20-9-12-22(13-10-20)36(34,35)29-23-15-21(11-14-24(23)30)28-25(31)18-5-1-16(2-6-18)17-3-7-19(8-4-17)26(32)33/h1-15,29-30H,(H,28,31)(H,32,33). The summed E-state index contributed by atoms with van der Waals surface area (Å²) >= 11 is 0. The van der Waals surface area contributed by atoms with Crippen LogP contribution in [0.15, 0.2) is 95.9 Å². The van der Waals surface area contributed by atoms with Gasteiger partial charge in [0, 0.05) is 11.3 Å². The third kappa shape index (κ3) is 5.50. The van der Waals surface area contributed by atoms with Crippen LogP contribution in [0.2, 0.25) is 0 Å². The molecule has 0 saturated heterocycles. The van der Waals surface area contributed by atoms with E-state index in [-0.39, 0.29) is 27.6 Å². The van der Waals surface area contributed by atoms with Gasteiger partial charge in [-0.3, -0.25) is 9.52 Å². The number of sulfonamides is 1. The molecule has 0 fully saturated rings. The van der Waals surface area contributed by atoms with Crippen LogP contribution in [0.1, 0.15) is 20.7 Å². The van der Waals surface area contributed by atoms with Crippen LogP contribution >= 0.6 is 0 Å². The van der Waals surface area contributed by atoms with E-state index in [9.17, 15) is 27.5 Å². The Morgan fingerprint density at radius 3 is 1.86 bits per heavy atom. The van der Waals surface area contributed by atoms with Crippen LogP contribution < -0.4 is 10.0 Å². The molecule has 10 heteroatoms. The van der Waals surface area contributed by atoms with Crippen LogP contribution in [0.4, 0.5) is 15.8 Å². The average molecular weight is 507 g/mol. The number of nitrogens with one attached hydrogen (secondary N) is 2. The summed E-state index contributed by atoms with van der Waals surface area (Å²) in [4.78, 5) is 23.5. The minimum absolute atomic E-state index is 0.169. The second-order valence-corrected chi connectivity index (χ2v) is 9.39. The molecule has 0 unspecified atom stereocenters. The monoisotopic (exact) mass is 506 g/mol. The Morgan fingerprint density at radius 1 is 0.750 bits per heavy atom. The van der Waals surface area contributed by atoms with E-state index in [0.29, 0.717) is 5.56 Å². The number of aromatic carboxylic acids is 1. The summed E-state index contributed by atoms with van der Waals surface area (Å²) in [6.45, 7) is 0. The lowest BCUT2D eigenvalue weighted by Crippen LogP contribution is -2.14. The third-order valence-corrected chi connectivity index (χ3v) is 6.62. The minimum atomic E-state index is -4.11. The number of benzene rings is 4. The maximum absolute atomic E-state index is 13.1. The number of hydrogen-bond donors (Lipinski definition) is 4. The van der Waals surface area contributed by atoms with E-state index in [4.69, 9.17) is 5.11 Å². The van der Waals surface area contributed by atoms with Gasteiger partial charge in [0.25, 0.3) is 15.9 Å². The van der Waals surface area contributed by atoms with Gasteiger partial charge in [0.05, 0.1) is 16.1 Å². The molecule has 0 aliphatic heterocycles. The Kier molecular flexibility index (Phi) is 6.71. The lowest BCUT2D eigenvalue weighted by Gasteiger charge is -2.12. The van der Waals surface area contributed by atoms with Crippen molar-refractivity contribution in [3.63, 3.8) is 0 Å². The predicted molar refractivity (Wildman–Crippen MR) is 132 cm³/mol. The van der Waals surface area contributed by atoms with Crippen LogP contribution in [-0.2, 0) is 10.0 Å². The molecule has 4 aromatic rings. The first-order valence-corrected chi connectivity index (χ1v) is 12.0. The molecule has 0 atom stereocenters. The van der Waals surface area contributed by atoms with E-state index >= 15 is 0 Å². The molecule has 36 heavy (non-hydrogen) atoms. The zero-order chi connectivity index (χ0) is 25.9. The number of carboxylic acids is 1. The highest BCUT2D eigenvalue weighted by molar-refractivity contribution is 7.92. The number of aromatic hydroxyl groups is 1. The number of carboxylic acid groups (broad SMARTS) is 1. The number of anilines is 2. The molecule has 0 aliphatic carbocycles. The summed E-state index contributed by atoms with van der Waals surface area (Å²) in [7, 11) is -4.11. The molecule has 1 amide bonds. The van der Waals surface area contributed by atoms with E-state index in [1.807, 2.05) is 0 Å². The number of rotatable bonds is 7. The molecule has 0 radical (unpaired) electrons. The molecule has 4 rings (SSSR count). The number of hydrogen-bond acceptors (Lipinski definition) is 5. The second kappa shape index (κ2) is 9.88. The molecule has 0 spiro atoms. The number of phenolic OH excluding ortho intramolecular Hbond substituents is 1. The van der Waals surface area contributed by atoms with E-state index in [1.54, 1.807) is 36.4 Å². The molecule has 0 saturated carbocycles. The average Bonchev–Trinajstić information content (AvgIpc) is 2.86. The number of amides is 1. The molecule has 8 nitrogen and oxygen atoms in total. The van der Waals surface area contributed by atoms with Gasteiger partial charge in [-0.05, 0) is 77.9 Å². The van der Waals surface area contributed by atoms with Crippen molar-refractivity contribution in [3.05, 3.63) is 108 Å². The Morgan fingerprint density at radius 2 is 1.31 bits per heavy atom. The molecule has 4 N–H and O–H groups in total. The van der Waals surface area contributed by atoms with Gasteiger partial charge in [-0.25, -0.2) is 17.6 Å². The summed E-state index contributed by atoms with van der Waals surface area (Å²) < 4.78 is 40.5. The normalized spacial score (nSPS) is 11.0. The van der Waals surface area contributed by atoms with E-state index in [2.05, 4.69) is 10.0 Å². The van der Waals surface area contributed by atoms with Crippen molar-refractivity contribution in [2.24, 2.45) is 0 Å². The molecule has 182 valence electrons. The van der Waals surface area contributed by atoms with E-state index in [1.165, 1.54) is 30.3 Å². The molecule has 0 aliphatic rings. The van der Waals surface area contributed by atoms with Crippen LogP contribution in [0.3, 0.4) is 0 Å². The smallest absolute Gasteiger partial charge is 0.335 e.